The number of nitrogens with one attached hydrogen (secondary N) is 1. The minimum Gasteiger partial charge on any atom is -0.506 e. The number of pyridine rings is 2. The topological polar surface area (TPSA) is 114 Å². The Morgan fingerprint density at radius 1 is 0.865 bits per heavy atom. The number of aliphatic imine (C=N–C) groups is 1. The Kier molecular flexibility index (Phi) is 5.35. The Bertz CT molecular complexity index is 1870. The molecule has 1 aliphatic rings. The molecule has 0 amide bonds. The lowest BCUT2D eigenvalue weighted by molar-refractivity contribution is 0.477. The molecule has 0 fully saturated rings. The molecular weight excluding hydrogens is 488 g/mol. The van der Waals surface area contributed by atoms with E-state index in [1.54, 1.807) is 30.3 Å². The number of nitrogens with zero attached hydrogens (tertiary/aromatic N) is 3. The van der Waals surface area contributed by atoms with Gasteiger partial charge in [-0.2, -0.15) is 0 Å². The van der Waals surface area contributed by atoms with Crippen LogP contribution in [-0.4, -0.2) is 28.9 Å². The Morgan fingerprint density at radius 3 is 2.35 bits per heavy atom. The number of aromatic nitrogens is 2. The lowest BCUT2D eigenvalue weighted by Crippen LogP contribution is -2.39. The summed E-state index contributed by atoms with van der Waals surface area (Å²) in [6.45, 7) is 0.178. The third-order valence-corrected chi connectivity index (χ3v) is 7.60. The summed E-state index contributed by atoms with van der Waals surface area (Å²) < 4.78 is 30.4. The van der Waals surface area contributed by atoms with Crippen molar-refractivity contribution < 1.29 is 13.5 Å². The molecule has 0 saturated carbocycles. The number of hydrogen-bond acceptors (Lipinski definition) is 6. The molecule has 3 aromatic carbocycles. The monoisotopic (exact) mass is 508 g/mol. The van der Waals surface area contributed by atoms with Crippen molar-refractivity contribution >= 4 is 32.6 Å². The van der Waals surface area contributed by atoms with Gasteiger partial charge in [0.25, 0.3) is 15.6 Å². The average Bonchev–Trinajstić information content (AvgIpc) is 2.92. The second kappa shape index (κ2) is 8.72. The molecule has 1 aliphatic heterocycles. The van der Waals surface area contributed by atoms with Gasteiger partial charge in [0.2, 0.25) is 0 Å². The largest absolute Gasteiger partial charge is 0.506 e. The summed E-state index contributed by atoms with van der Waals surface area (Å²) in [5, 5.41) is 11.4. The van der Waals surface area contributed by atoms with Crippen molar-refractivity contribution in [3.05, 3.63) is 119 Å². The van der Waals surface area contributed by atoms with Gasteiger partial charge < -0.3 is 5.11 Å². The maximum atomic E-state index is 13.7. The second-order valence-corrected chi connectivity index (χ2v) is 10.2. The number of sulfonamides is 1. The van der Waals surface area contributed by atoms with Gasteiger partial charge in [-0.15, -0.1) is 0 Å². The summed E-state index contributed by atoms with van der Waals surface area (Å²) in [5.74, 6) is -0.627. The number of rotatable bonds is 4. The van der Waals surface area contributed by atoms with Crippen molar-refractivity contribution in [1.82, 2.24) is 14.3 Å². The number of hydrogen-bond donors (Lipinski definition) is 2. The van der Waals surface area contributed by atoms with Crippen LogP contribution >= 0.6 is 0 Å². The van der Waals surface area contributed by atoms with Gasteiger partial charge in [-0.3, -0.25) is 14.1 Å². The lowest BCUT2D eigenvalue weighted by atomic mass is 10.1. The standard InChI is InChI=1S/C28H20N4O4S/c33-25-21-12-7-15-29-27(21)32(17-18-8-3-1-4-9-18)28(34)24(25)26-30-22-14-13-20(19-10-5-2-6-11-19)16-23(22)37(35,36)31-26/h1-16,33H,17H2,(H,30,31). The molecule has 3 heterocycles. The quantitative estimate of drug-likeness (QED) is 0.378. The number of aromatic hydroxyl groups is 1. The fraction of sp³-hybridized carbons (Fsp3) is 0.0357. The lowest BCUT2D eigenvalue weighted by Gasteiger charge is -2.21. The van der Waals surface area contributed by atoms with Crippen LogP contribution in [-0.2, 0) is 16.6 Å². The molecule has 0 spiro atoms. The van der Waals surface area contributed by atoms with Crippen LogP contribution in [0.2, 0.25) is 0 Å². The van der Waals surface area contributed by atoms with Crippen LogP contribution in [0.4, 0.5) is 5.69 Å². The molecule has 9 heteroatoms. The molecule has 182 valence electrons. The van der Waals surface area contributed by atoms with Crippen LogP contribution in [0.1, 0.15) is 11.1 Å². The SMILES string of the molecule is O=c1c(C2=Nc3ccc(-c4ccccc4)cc3S(=O)(=O)N2)c(O)c2cccnc2n1Cc1ccccc1. The minimum atomic E-state index is -4.08. The van der Waals surface area contributed by atoms with Crippen LogP contribution in [0.5, 0.6) is 5.75 Å². The molecule has 0 aliphatic carbocycles. The zero-order valence-electron chi connectivity index (χ0n) is 19.4. The van der Waals surface area contributed by atoms with E-state index < -0.39 is 15.6 Å². The Labute approximate surface area is 212 Å². The highest BCUT2D eigenvalue weighted by atomic mass is 32.2. The van der Waals surface area contributed by atoms with Crippen LogP contribution in [0, 0.1) is 0 Å². The van der Waals surface area contributed by atoms with E-state index in [0.717, 1.165) is 11.1 Å². The Morgan fingerprint density at radius 2 is 1.59 bits per heavy atom. The normalized spacial score (nSPS) is 14.0. The van der Waals surface area contributed by atoms with E-state index in [9.17, 15) is 18.3 Å². The summed E-state index contributed by atoms with van der Waals surface area (Å²) in [5.41, 5.74) is 2.03. The van der Waals surface area contributed by atoms with E-state index in [1.807, 2.05) is 60.7 Å². The summed E-state index contributed by atoms with van der Waals surface area (Å²) >= 11 is 0. The first kappa shape index (κ1) is 22.7. The molecule has 6 rings (SSSR count). The third kappa shape index (κ3) is 3.95. The smallest absolute Gasteiger partial charge is 0.267 e. The van der Waals surface area contributed by atoms with Gasteiger partial charge in [-0.1, -0.05) is 66.7 Å². The number of amidine groups is 1. The highest BCUT2D eigenvalue weighted by Gasteiger charge is 2.31. The van der Waals surface area contributed by atoms with Gasteiger partial charge in [0.05, 0.1) is 17.6 Å². The number of benzene rings is 3. The second-order valence-electron chi connectivity index (χ2n) is 8.59. The van der Waals surface area contributed by atoms with Crippen molar-refractivity contribution in [3.63, 3.8) is 0 Å². The predicted molar refractivity (Wildman–Crippen MR) is 142 cm³/mol. The zero-order chi connectivity index (χ0) is 25.6. The number of fused-ring (bicyclic) bond motifs is 2. The van der Waals surface area contributed by atoms with Gasteiger partial charge in [0, 0.05) is 6.20 Å². The van der Waals surface area contributed by atoms with E-state index >= 15 is 0 Å². The zero-order valence-corrected chi connectivity index (χ0v) is 20.2. The third-order valence-electron chi connectivity index (χ3n) is 6.23. The molecule has 2 aromatic heterocycles. The molecule has 0 radical (unpaired) electrons. The Hall–Kier alpha value is -4.76. The minimum absolute atomic E-state index is 0.0100. The van der Waals surface area contributed by atoms with Crippen LogP contribution in [0.15, 0.2) is 112 Å². The van der Waals surface area contributed by atoms with Crippen LogP contribution in [0.3, 0.4) is 0 Å². The van der Waals surface area contributed by atoms with Crippen molar-refractivity contribution in [2.24, 2.45) is 4.99 Å². The molecular formula is C28H20N4O4S. The average molecular weight is 509 g/mol. The first-order chi connectivity index (χ1) is 17.9. The highest BCUT2D eigenvalue weighted by Crippen LogP contribution is 2.34. The van der Waals surface area contributed by atoms with Crippen LogP contribution < -0.4 is 10.3 Å². The molecule has 0 unspecified atom stereocenters. The van der Waals surface area contributed by atoms with Crippen molar-refractivity contribution in [2.45, 2.75) is 11.4 Å². The molecule has 2 N–H and O–H groups in total. The van der Waals surface area contributed by atoms with E-state index in [4.69, 9.17) is 0 Å². The highest BCUT2D eigenvalue weighted by molar-refractivity contribution is 7.90. The molecule has 37 heavy (non-hydrogen) atoms. The van der Waals surface area contributed by atoms with E-state index in [0.29, 0.717) is 10.9 Å². The van der Waals surface area contributed by atoms with Gasteiger partial charge in [0.1, 0.15) is 21.9 Å². The van der Waals surface area contributed by atoms with E-state index in [-0.39, 0.29) is 39.9 Å². The fourth-order valence-corrected chi connectivity index (χ4v) is 5.64. The summed E-state index contributed by atoms with van der Waals surface area (Å²) in [6.07, 6.45) is 1.53. The summed E-state index contributed by atoms with van der Waals surface area (Å²) in [7, 11) is -4.08. The molecule has 0 saturated heterocycles. The molecule has 0 atom stereocenters. The first-order valence-corrected chi connectivity index (χ1v) is 13.0. The van der Waals surface area contributed by atoms with Crippen molar-refractivity contribution in [2.75, 3.05) is 0 Å². The molecule has 8 nitrogen and oxygen atoms in total. The maximum absolute atomic E-state index is 13.7. The summed E-state index contributed by atoms with van der Waals surface area (Å²) in [6, 6.07) is 26.9. The molecule has 0 bridgehead atoms. The Balaban J connectivity index is 1.55. The fourth-order valence-electron chi connectivity index (χ4n) is 4.45. The van der Waals surface area contributed by atoms with Crippen LogP contribution in [0.25, 0.3) is 22.2 Å². The predicted octanol–water partition coefficient (Wildman–Crippen LogP) is 4.19. The summed E-state index contributed by atoms with van der Waals surface area (Å²) in [4.78, 5) is 22.5. The molecule has 5 aromatic rings. The van der Waals surface area contributed by atoms with Gasteiger partial charge >= 0.3 is 0 Å². The first-order valence-electron chi connectivity index (χ1n) is 11.5. The maximum Gasteiger partial charge on any atom is 0.267 e. The van der Waals surface area contributed by atoms with Gasteiger partial charge in [-0.05, 0) is 41.0 Å². The van der Waals surface area contributed by atoms with Gasteiger partial charge in [-0.25, -0.2) is 18.4 Å². The van der Waals surface area contributed by atoms with Crippen molar-refractivity contribution in [3.8, 4) is 16.9 Å². The van der Waals surface area contributed by atoms with Gasteiger partial charge in [0.15, 0.2) is 5.84 Å². The van der Waals surface area contributed by atoms with E-state index in [2.05, 4.69) is 14.7 Å². The van der Waals surface area contributed by atoms with Crippen molar-refractivity contribution in [1.29, 1.82) is 0 Å². The van der Waals surface area contributed by atoms with E-state index in [1.165, 1.54) is 10.8 Å².